The summed E-state index contributed by atoms with van der Waals surface area (Å²) in [6.07, 6.45) is 7.12. The van der Waals surface area contributed by atoms with E-state index in [9.17, 15) is 0 Å². The van der Waals surface area contributed by atoms with Gasteiger partial charge in [-0.3, -0.25) is 4.98 Å². The van der Waals surface area contributed by atoms with Crippen molar-refractivity contribution in [2.45, 2.75) is 19.3 Å². The summed E-state index contributed by atoms with van der Waals surface area (Å²) < 4.78 is 0. The summed E-state index contributed by atoms with van der Waals surface area (Å²) in [4.78, 5) is 6.36. The fourth-order valence-electron chi connectivity index (χ4n) is 1.51. The van der Waals surface area contributed by atoms with E-state index in [1.54, 1.807) is 0 Å². The van der Waals surface area contributed by atoms with Crippen molar-refractivity contribution in [3.05, 3.63) is 30.1 Å². The van der Waals surface area contributed by atoms with Gasteiger partial charge in [-0.25, -0.2) is 0 Å². The summed E-state index contributed by atoms with van der Waals surface area (Å²) in [7, 11) is 2.16. The number of likely N-dealkylation sites (N-methyl/N-ethyl adjacent to an activating group) is 1. The molecule has 0 fully saturated rings. The lowest BCUT2D eigenvalue weighted by Gasteiger charge is -2.15. The summed E-state index contributed by atoms with van der Waals surface area (Å²) in [5, 5.41) is 0. The Bertz CT molecular complexity index is 248. The molecule has 0 atom stereocenters. The minimum atomic E-state index is 0.804. The van der Waals surface area contributed by atoms with E-state index in [0.29, 0.717) is 0 Å². The van der Waals surface area contributed by atoms with Gasteiger partial charge in [-0.05, 0) is 57.1 Å². The molecule has 0 aliphatic heterocycles. The van der Waals surface area contributed by atoms with Crippen molar-refractivity contribution in [3.8, 4) is 0 Å². The molecule has 1 rings (SSSR count). The molecule has 0 amide bonds. The molecule has 84 valence electrons. The van der Waals surface area contributed by atoms with E-state index < -0.39 is 0 Å². The summed E-state index contributed by atoms with van der Waals surface area (Å²) in [6.45, 7) is 3.05. The van der Waals surface area contributed by atoms with Crippen LogP contribution in [0.25, 0.3) is 0 Å². The third kappa shape index (κ3) is 5.50. The average molecular weight is 207 g/mol. The molecule has 0 aromatic carbocycles. The molecule has 1 aromatic heterocycles. The van der Waals surface area contributed by atoms with Gasteiger partial charge in [0.25, 0.3) is 0 Å². The molecule has 0 saturated heterocycles. The van der Waals surface area contributed by atoms with E-state index in [1.807, 2.05) is 12.4 Å². The molecule has 0 spiro atoms. The average Bonchev–Trinajstić information content (AvgIpc) is 2.28. The molecule has 2 N–H and O–H groups in total. The van der Waals surface area contributed by atoms with Crippen molar-refractivity contribution in [2.75, 3.05) is 26.7 Å². The van der Waals surface area contributed by atoms with Crippen molar-refractivity contribution in [2.24, 2.45) is 5.73 Å². The van der Waals surface area contributed by atoms with Crippen molar-refractivity contribution in [3.63, 3.8) is 0 Å². The molecule has 3 heteroatoms. The predicted molar refractivity (Wildman–Crippen MR) is 63.7 cm³/mol. The summed E-state index contributed by atoms with van der Waals surface area (Å²) in [6, 6.07) is 4.15. The van der Waals surface area contributed by atoms with Crippen LogP contribution in [0, 0.1) is 0 Å². The number of hydrogen-bond acceptors (Lipinski definition) is 3. The Labute approximate surface area is 92.3 Å². The van der Waals surface area contributed by atoms with E-state index in [-0.39, 0.29) is 0 Å². The van der Waals surface area contributed by atoms with E-state index in [4.69, 9.17) is 5.73 Å². The highest BCUT2D eigenvalue weighted by atomic mass is 15.1. The topological polar surface area (TPSA) is 42.1 Å². The predicted octanol–water partition coefficient (Wildman–Crippen LogP) is 1.29. The van der Waals surface area contributed by atoms with Crippen molar-refractivity contribution in [1.29, 1.82) is 0 Å². The van der Waals surface area contributed by atoms with Gasteiger partial charge in [0.05, 0.1) is 0 Å². The van der Waals surface area contributed by atoms with Crippen LogP contribution in [0.15, 0.2) is 24.5 Å². The Hall–Kier alpha value is -0.930. The standard InChI is InChI=1S/C12H21N3/c1-15(10-3-2-7-13)11-6-12-4-8-14-9-5-12/h4-5,8-9H,2-3,6-7,10-11,13H2,1H3. The molecule has 3 nitrogen and oxygen atoms in total. The van der Waals surface area contributed by atoms with Crippen molar-refractivity contribution < 1.29 is 0 Å². The third-order valence-electron chi connectivity index (χ3n) is 2.53. The normalized spacial score (nSPS) is 10.9. The molecular formula is C12H21N3. The monoisotopic (exact) mass is 207 g/mol. The Morgan fingerprint density at radius 2 is 1.93 bits per heavy atom. The Morgan fingerprint density at radius 1 is 1.20 bits per heavy atom. The van der Waals surface area contributed by atoms with Gasteiger partial charge in [-0.15, -0.1) is 0 Å². The first-order valence-electron chi connectivity index (χ1n) is 5.60. The van der Waals surface area contributed by atoms with Gasteiger partial charge in [-0.2, -0.15) is 0 Å². The molecule has 1 aromatic rings. The minimum absolute atomic E-state index is 0.804. The van der Waals surface area contributed by atoms with Crippen molar-refractivity contribution in [1.82, 2.24) is 9.88 Å². The Morgan fingerprint density at radius 3 is 2.60 bits per heavy atom. The molecule has 0 radical (unpaired) electrons. The second kappa shape index (κ2) is 7.37. The van der Waals surface area contributed by atoms with Gasteiger partial charge in [0.2, 0.25) is 0 Å². The van der Waals surface area contributed by atoms with Crippen LogP contribution < -0.4 is 5.73 Å². The smallest absolute Gasteiger partial charge is 0.0270 e. The number of hydrogen-bond donors (Lipinski definition) is 1. The second-order valence-electron chi connectivity index (χ2n) is 3.90. The molecule has 0 aliphatic carbocycles. The van der Waals surface area contributed by atoms with Gasteiger partial charge < -0.3 is 10.6 Å². The molecule has 0 unspecified atom stereocenters. The van der Waals surface area contributed by atoms with Gasteiger partial charge in [-0.1, -0.05) is 0 Å². The second-order valence-corrected chi connectivity index (χ2v) is 3.90. The van der Waals surface area contributed by atoms with Gasteiger partial charge >= 0.3 is 0 Å². The first-order chi connectivity index (χ1) is 7.33. The maximum absolute atomic E-state index is 5.45. The van der Waals surface area contributed by atoms with Crippen LogP contribution in [0.1, 0.15) is 18.4 Å². The molecular weight excluding hydrogens is 186 g/mol. The zero-order chi connectivity index (χ0) is 10.9. The zero-order valence-corrected chi connectivity index (χ0v) is 9.52. The fraction of sp³-hybridized carbons (Fsp3) is 0.583. The van der Waals surface area contributed by atoms with Crippen LogP contribution >= 0.6 is 0 Å². The SMILES string of the molecule is CN(CCCCN)CCc1ccncc1. The van der Waals surface area contributed by atoms with E-state index >= 15 is 0 Å². The van der Waals surface area contributed by atoms with Gasteiger partial charge in [0.1, 0.15) is 0 Å². The van der Waals surface area contributed by atoms with Crippen LogP contribution in [0.5, 0.6) is 0 Å². The van der Waals surface area contributed by atoms with Crippen molar-refractivity contribution >= 4 is 0 Å². The minimum Gasteiger partial charge on any atom is -0.330 e. The van der Waals surface area contributed by atoms with Crippen LogP contribution in [0.3, 0.4) is 0 Å². The number of nitrogens with two attached hydrogens (primary N) is 1. The number of rotatable bonds is 7. The molecule has 15 heavy (non-hydrogen) atoms. The molecule has 1 heterocycles. The Kier molecular flexibility index (Phi) is 5.97. The number of nitrogens with zero attached hydrogens (tertiary/aromatic N) is 2. The third-order valence-corrected chi connectivity index (χ3v) is 2.53. The summed E-state index contributed by atoms with van der Waals surface area (Å²) >= 11 is 0. The number of unbranched alkanes of at least 4 members (excludes halogenated alkanes) is 1. The van der Waals surface area contributed by atoms with E-state index in [1.165, 1.54) is 12.0 Å². The lowest BCUT2D eigenvalue weighted by atomic mass is 10.2. The highest BCUT2D eigenvalue weighted by Gasteiger charge is 1.98. The Balaban J connectivity index is 2.14. The first kappa shape index (κ1) is 12.1. The van der Waals surface area contributed by atoms with E-state index in [2.05, 4.69) is 29.1 Å². The van der Waals surface area contributed by atoms with E-state index in [0.717, 1.165) is 32.5 Å². The fourth-order valence-corrected chi connectivity index (χ4v) is 1.51. The summed E-state index contributed by atoms with van der Waals surface area (Å²) in [5.74, 6) is 0. The van der Waals surface area contributed by atoms with Crippen LogP contribution in [0.4, 0.5) is 0 Å². The maximum atomic E-state index is 5.45. The summed E-state index contributed by atoms with van der Waals surface area (Å²) in [5.41, 5.74) is 6.81. The van der Waals surface area contributed by atoms with Crippen LogP contribution in [-0.4, -0.2) is 36.6 Å². The highest BCUT2D eigenvalue weighted by Crippen LogP contribution is 1.99. The highest BCUT2D eigenvalue weighted by molar-refractivity contribution is 5.09. The molecule has 0 bridgehead atoms. The zero-order valence-electron chi connectivity index (χ0n) is 9.52. The van der Waals surface area contributed by atoms with Gasteiger partial charge in [0, 0.05) is 18.9 Å². The number of pyridine rings is 1. The molecule has 0 aliphatic rings. The van der Waals surface area contributed by atoms with Gasteiger partial charge in [0.15, 0.2) is 0 Å². The van der Waals surface area contributed by atoms with Crippen LogP contribution in [0.2, 0.25) is 0 Å². The number of aromatic nitrogens is 1. The quantitative estimate of drug-likeness (QED) is 0.685. The lowest BCUT2D eigenvalue weighted by Crippen LogP contribution is -2.23. The lowest BCUT2D eigenvalue weighted by molar-refractivity contribution is 0.331. The molecule has 0 saturated carbocycles. The van der Waals surface area contributed by atoms with Crippen LogP contribution in [-0.2, 0) is 6.42 Å². The maximum Gasteiger partial charge on any atom is 0.0270 e. The largest absolute Gasteiger partial charge is 0.330 e. The first-order valence-corrected chi connectivity index (χ1v) is 5.60.